The van der Waals surface area contributed by atoms with Gasteiger partial charge in [0.25, 0.3) is 0 Å². The van der Waals surface area contributed by atoms with Crippen molar-refractivity contribution in [2.24, 2.45) is 0 Å². The predicted molar refractivity (Wildman–Crippen MR) is 143 cm³/mol. The van der Waals surface area contributed by atoms with E-state index in [1.807, 2.05) is 55.9 Å². The number of amides is 1. The van der Waals surface area contributed by atoms with Crippen LogP contribution in [0, 0.1) is 5.82 Å². The number of rotatable bonds is 8. The Balaban J connectivity index is 1.84. The highest BCUT2D eigenvalue weighted by atomic mass is 35.5. The number of ether oxygens (including phenoxy) is 1. The first-order chi connectivity index (χ1) is 17.1. The summed E-state index contributed by atoms with van der Waals surface area (Å²) < 4.78 is 21.4. The van der Waals surface area contributed by atoms with Gasteiger partial charge in [0.05, 0.1) is 18.1 Å². The van der Waals surface area contributed by atoms with E-state index in [0.717, 1.165) is 39.8 Å². The molecule has 8 heteroatoms. The van der Waals surface area contributed by atoms with Gasteiger partial charge in [-0.1, -0.05) is 17.7 Å². The van der Waals surface area contributed by atoms with Gasteiger partial charge in [-0.25, -0.2) is 9.37 Å². The minimum Gasteiger partial charge on any atom is -0.494 e. The summed E-state index contributed by atoms with van der Waals surface area (Å²) in [5, 5.41) is 3.61. The summed E-state index contributed by atoms with van der Waals surface area (Å²) >= 11 is 6.44. The highest BCUT2D eigenvalue weighted by Crippen LogP contribution is 2.32. The molecule has 0 saturated carbocycles. The van der Waals surface area contributed by atoms with Gasteiger partial charge in [-0.05, 0) is 86.2 Å². The zero-order valence-electron chi connectivity index (χ0n) is 21.1. The van der Waals surface area contributed by atoms with E-state index in [0.29, 0.717) is 17.4 Å². The van der Waals surface area contributed by atoms with Crippen LogP contribution in [0.2, 0.25) is 5.02 Å². The molecule has 4 rings (SSSR count). The van der Waals surface area contributed by atoms with E-state index in [2.05, 4.69) is 16.3 Å². The van der Waals surface area contributed by atoms with Crippen LogP contribution in [0.1, 0.15) is 19.4 Å². The molecular weight excluding hydrogens is 479 g/mol. The number of fused-ring (bicyclic) bond motifs is 1. The standard InChI is InChI=1S/C28H30ClFN4O2/c1-17(31-18(2)35)15-34-26-9-7-20(22-10-19(16-33(3)4)11-23(29)12-22)13-25(26)32-28(34)21-6-8-24(30)27(14-21)36-5/h6-14,17H,15-16H2,1-5H3,(H,31,35). The molecular formula is C28H30ClFN4O2. The molecule has 1 unspecified atom stereocenters. The maximum atomic E-state index is 14.1. The van der Waals surface area contributed by atoms with Crippen LogP contribution in [0.3, 0.4) is 0 Å². The average Bonchev–Trinajstić information content (AvgIpc) is 3.15. The zero-order valence-corrected chi connectivity index (χ0v) is 21.9. The van der Waals surface area contributed by atoms with Gasteiger partial charge >= 0.3 is 0 Å². The molecule has 1 amide bonds. The number of carbonyl (C=O) groups excluding carboxylic acids is 1. The summed E-state index contributed by atoms with van der Waals surface area (Å²) in [6.07, 6.45) is 0. The summed E-state index contributed by atoms with van der Waals surface area (Å²) in [7, 11) is 5.48. The highest BCUT2D eigenvalue weighted by molar-refractivity contribution is 6.31. The largest absolute Gasteiger partial charge is 0.494 e. The van der Waals surface area contributed by atoms with Crippen LogP contribution in [0.5, 0.6) is 5.75 Å². The molecule has 0 aliphatic heterocycles. The number of aromatic nitrogens is 2. The lowest BCUT2D eigenvalue weighted by Gasteiger charge is -2.17. The molecule has 0 bridgehead atoms. The van der Waals surface area contributed by atoms with Crippen molar-refractivity contribution in [3.05, 3.63) is 71.0 Å². The minimum atomic E-state index is -0.438. The lowest BCUT2D eigenvalue weighted by molar-refractivity contribution is -0.119. The van der Waals surface area contributed by atoms with E-state index in [1.165, 1.54) is 20.1 Å². The van der Waals surface area contributed by atoms with E-state index >= 15 is 0 Å². The predicted octanol–water partition coefficient (Wildman–Crippen LogP) is 5.76. The van der Waals surface area contributed by atoms with Crippen LogP contribution in [0.25, 0.3) is 33.5 Å². The van der Waals surface area contributed by atoms with Gasteiger partial charge in [-0.3, -0.25) is 4.79 Å². The van der Waals surface area contributed by atoms with Crippen molar-refractivity contribution < 1.29 is 13.9 Å². The first kappa shape index (κ1) is 25.7. The molecule has 1 aromatic heterocycles. The third kappa shape index (κ3) is 5.69. The van der Waals surface area contributed by atoms with Gasteiger partial charge in [0.15, 0.2) is 11.6 Å². The molecule has 6 nitrogen and oxygen atoms in total. The summed E-state index contributed by atoms with van der Waals surface area (Å²) in [5.74, 6) is 0.270. The van der Waals surface area contributed by atoms with E-state index in [9.17, 15) is 9.18 Å². The minimum absolute atomic E-state index is 0.103. The van der Waals surface area contributed by atoms with E-state index < -0.39 is 5.82 Å². The van der Waals surface area contributed by atoms with Gasteiger partial charge < -0.3 is 19.5 Å². The number of carbonyl (C=O) groups is 1. The summed E-state index contributed by atoms with van der Waals surface area (Å²) in [4.78, 5) is 18.7. The molecule has 1 heterocycles. The number of methoxy groups -OCH3 is 1. The molecule has 4 aromatic rings. The Kier molecular flexibility index (Phi) is 7.62. The highest BCUT2D eigenvalue weighted by Gasteiger charge is 2.18. The fourth-order valence-corrected chi connectivity index (χ4v) is 4.71. The van der Waals surface area contributed by atoms with Gasteiger partial charge in [0.1, 0.15) is 5.82 Å². The van der Waals surface area contributed by atoms with Crippen LogP contribution >= 0.6 is 11.6 Å². The number of hydrogen-bond acceptors (Lipinski definition) is 4. The molecule has 0 fully saturated rings. The SMILES string of the molecule is COc1cc(-c2nc3cc(-c4cc(Cl)cc(CN(C)C)c4)ccc3n2CC(C)NC(C)=O)ccc1F. The maximum absolute atomic E-state index is 14.1. The van der Waals surface area contributed by atoms with E-state index in [-0.39, 0.29) is 17.7 Å². The Bertz CT molecular complexity index is 1420. The Labute approximate surface area is 215 Å². The lowest BCUT2D eigenvalue weighted by Crippen LogP contribution is -2.34. The monoisotopic (exact) mass is 508 g/mol. The summed E-state index contributed by atoms with van der Waals surface area (Å²) in [6, 6.07) is 16.7. The molecule has 0 radical (unpaired) electrons. The zero-order chi connectivity index (χ0) is 26.0. The fraction of sp³-hybridized carbons (Fsp3) is 0.286. The van der Waals surface area contributed by atoms with E-state index in [4.69, 9.17) is 21.3 Å². The Hall–Kier alpha value is -3.42. The second kappa shape index (κ2) is 10.7. The van der Waals surface area contributed by atoms with E-state index in [1.54, 1.807) is 12.1 Å². The maximum Gasteiger partial charge on any atom is 0.217 e. The molecule has 188 valence electrons. The van der Waals surface area contributed by atoms with Crippen molar-refractivity contribution in [3.8, 4) is 28.3 Å². The van der Waals surface area contributed by atoms with Gasteiger partial charge in [0, 0.05) is 36.6 Å². The first-order valence-electron chi connectivity index (χ1n) is 11.7. The smallest absolute Gasteiger partial charge is 0.217 e. The summed E-state index contributed by atoms with van der Waals surface area (Å²) in [5.41, 5.74) is 5.54. The van der Waals surface area contributed by atoms with Gasteiger partial charge in [-0.15, -0.1) is 0 Å². The summed E-state index contributed by atoms with van der Waals surface area (Å²) in [6.45, 7) is 4.71. The number of halogens is 2. The van der Waals surface area contributed by atoms with Crippen molar-refractivity contribution in [2.45, 2.75) is 33.0 Å². The van der Waals surface area contributed by atoms with Crippen LogP contribution in [-0.2, 0) is 17.9 Å². The van der Waals surface area contributed by atoms with Crippen molar-refractivity contribution in [2.75, 3.05) is 21.2 Å². The third-order valence-electron chi connectivity index (χ3n) is 5.85. The molecule has 0 saturated heterocycles. The Morgan fingerprint density at radius 2 is 1.86 bits per heavy atom. The van der Waals surface area contributed by atoms with Gasteiger partial charge in [-0.2, -0.15) is 0 Å². The third-order valence-corrected chi connectivity index (χ3v) is 6.07. The average molecular weight is 509 g/mol. The van der Waals surface area contributed by atoms with Crippen molar-refractivity contribution in [1.29, 1.82) is 0 Å². The molecule has 36 heavy (non-hydrogen) atoms. The normalized spacial score (nSPS) is 12.2. The van der Waals surface area contributed by atoms with Crippen molar-refractivity contribution in [1.82, 2.24) is 19.8 Å². The first-order valence-corrected chi connectivity index (χ1v) is 12.1. The van der Waals surface area contributed by atoms with Crippen LogP contribution in [-0.4, -0.2) is 47.6 Å². The number of nitrogens with zero attached hydrogens (tertiary/aromatic N) is 3. The molecule has 0 aliphatic rings. The molecule has 1 atom stereocenters. The second-order valence-electron chi connectivity index (χ2n) is 9.29. The Morgan fingerprint density at radius 1 is 1.11 bits per heavy atom. The van der Waals surface area contributed by atoms with Crippen LogP contribution in [0.15, 0.2) is 54.6 Å². The molecule has 3 aromatic carbocycles. The topological polar surface area (TPSA) is 59.4 Å². The number of nitrogens with one attached hydrogen (secondary N) is 1. The molecule has 0 aliphatic carbocycles. The molecule has 1 N–H and O–H groups in total. The number of hydrogen-bond donors (Lipinski definition) is 1. The van der Waals surface area contributed by atoms with Crippen molar-refractivity contribution >= 4 is 28.5 Å². The lowest BCUT2D eigenvalue weighted by atomic mass is 10.0. The second-order valence-corrected chi connectivity index (χ2v) is 9.72. The molecule has 0 spiro atoms. The van der Waals surface area contributed by atoms with Gasteiger partial charge in [0.2, 0.25) is 5.91 Å². The van der Waals surface area contributed by atoms with Crippen LogP contribution in [0.4, 0.5) is 4.39 Å². The van der Waals surface area contributed by atoms with Crippen molar-refractivity contribution in [3.63, 3.8) is 0 Å². The fourth-order valence-electron chi connectivity index (χ4n) is 4.45. The number of imidazole rings is 1. The Morgan fingerprint density at radius 3 is 2.56 bits per heavy atom. The quantitative estimate of drug-likeness (QED) is 0.329. The van der Waals surface area contributed by atoms with Crippen LogP contribution < -0.4 is 10.1 Å². The number of benzene rings is 3.